The first-order valence-electron chi connectivity index (χ1n) is 6.94. The first kappa shape index (κ1) is 16.2. The van der Waals surface area contributed by atoms with Gasteiger partial charge < -0.3 is 10.6 Å². The Morgan fingerprint density at radius 1 is 1.21 bits per heavy atom. The lowest BCUT2D eigenvalue weighted by molar-refractivity contribution is 0.299. The Balaban J connectivity index is 2.15. The number of hydrogen-bond donors (Lipinski definition) is 2. The maximum Gasteiger partial charge on any atom is 0.191 e. The van der Waals surface area contributed by atoms with Crippen molar-refractivity contribution in [3.05, 3.63) is 0 Å². The fourth-order valence-corrected chi connectivity index (χ4v) is 3.19. The number of hydrogen-bond acceptors (Lipinski definition) is 4. The van der Waals surface area contributed by atoms with Crippen molar-refractivity contribution in [1.29, 1.82) is 0 Å². The van der Waals surface area contributed by atoms with E-state index in [-0.39, 0.29) is 11.5 Å². The highest BCUT2D eigenvalue weighted by Gasteiger charge is 2.20. The number of nitrogens with zero attached hydrogens (tertiary/aromatic N) is 2. The molecule has 0 aliphatic carbocycles. The molecule has 112 valence electrons. The molecule has 1 fully saturated rings. The molecule has 1 aliphatic rings. The maximum absolute atomic E-state index is 11.3. The van der Waals surface area contributed by atoms with E-state index in [1.165, 1.54) is 0 Å². The van der Waals surface area contributed by atoms with E-state index in [0.29, 0.717) is 13.1 Å². The normalized spacial score (nSPS) is 20.2. The molecule has 19 heavy (non-hydrogen) atoms. The molecule has 0 aromatic rings. The van der Waals surface area contributed by atoms with Crippen LogP contribution in [0, 0.1) is 0 Å². The van der Waals surface area contributed by atoms with Gasteiger partial charge in [0.2, 0.25) is 0 Å². The Labute approximate surface area is 116 Å². The van der Waals surface area contributed by atoms with Crippen LogP contribution in [0.15, 0.2) is 4.99 Å². The fourth-order valence-electron chi connectivity index (χ4n) is 1.91. The second kappa shape index (κ2) is 8.37. The number of unbranched alkanes of at least 4 members (excludes halogenated alkanes) is 1. The molecular weight excluding hydrogens is 264 g/mol. The van der Waals surface area contributed by atoms with Gasteiger partial charge in [-0.25, -0.2) is 8.42 Å². The quantitative estimate of drug-likeness (QED) is 0.398. The molecule has 0 aromatic carbocycles. The van der Waals surface area contributed by atoms with Gasteiger partial charge in [0.05, 0.1) is 11.5 Å². The molecule has 0 saturated carbocycles. The monoisotopic (exact) mass is 290 g/mol. The van der Waals surface area contributed by atoms with Gasteiger partial charge in [-0.05, 0) is 6.42 Å². The van der Waals surface area contributed by atoms with Crippen molar-refractivity contribution in [1.82, 2.24) is 15.5 Å². The molecule has 1 aliphatic heterocycles. The smallest absolute Gasteiger partial charge is 0.191 e. The third kappa shape index (κ3) is 6.77. The summed E-state index contributed by atoms with van der Waals surface area (Å²) in [6.45, 7) is 6.01. The van der Waals surface area contributed by atoms with Crippen LogP contribution in [0.3, 0.4) is 0 Å². The van der Waals surface area contributed by atoms with Gasteiger partial charge in [-0.1, -0.05) is 13.3 Å². The van der Waals surface area contributed by atoms with E-state index in [0.717, 1.165) is 38.4 Å². The molecule has 1 saturated heterocycles. The molecule has 0 aromatic heterocycles. The molecule has 0 amide bonds. The molecule has 0 bridgehead atoms. The van der Waals surface area contributed by atoms with Crippen molar-refractivity contribution in [2.45, 2.75) is 19.8 Å². The molecule has 6 nitrogen and oxygen atoms in total. The highest BCUT2D eigenvalue weighted by atomic mass is 32.2. The Kier molecular flexibility index (Phi) is 7.15. The zero-order valence-corrected chi connectivity index (χ0v) is 12.8. The van der Waals surface area contributed by atoms with Gasteiger partial charge in [-0.15, -0.1) is 0 Å². The Morgan fingerprint density at radius 2 is 1.84 bits per heavy atom. The summed E-state index contributed by atoms with van der Waals surface area (Å²) in [4.78, 5) is 6.32. The van der Waals surface area contributed by atoms with Crippen molar-refractivity contribution in [3.63, 3.8) is 0 Å². The SMILES string of the molecule is CCCCNC(=NC)NCCN1CCS(=O)(=O)CC1. The lowest BCUT2D eigenvalue weighted by Gasteiger charge is -2.26. The van der Waals surface area contributed by atoms with Gasteiger partial charge in [-0.3, -0.25) is 9.89 Å². The highest BCUT2D eigenvalue weighted by Crippen LogP contribution is 2.02. The predicted molar refractivity (Wildman–Crippen MR) is 79.4 cm³/mol. The van der Waals surface area contributed by atoms with Crippen LogP contribution in [0.2, 0.25) is 0 Å². The molecule has 0 radical (unpaired) electrons. The van der Waals surface area contributed by atoms with E-state index in [1.54, 1.807) is 7.05 Å². The van der Waals surface area contributed by atoms with Gasteiger partial charge in [0.25, 0.3) is 0 Å². The Morgan fingerprint density at radius 3 is 2.42 bits per heavy atom. The van der Waals surface area contributed by atoms with Crippen LogP contribution >= 0.6 is 0 Å². The van der Waals surface area contributed by atoms with E-state index >= 15 is 0 Å². The molecular formula is C12H26N4O2S. The van der Waals surface area contributed by atoms with Crippen molar-refractivity contribution in [3.8, 4) is 0 Å². The van der Waals surface area contributed by atoms with E-state index < -0.39 is 9.84 Å². The summed E-state index contributed by atoms with van der Waals surface area (Å²) in [5.41, 5.74) is 0. The molecule has 0 unspecified atom stereocenters. The first-order valence-corrected chi connectivity index (χ1v) is 8.77. The van der Waals surface area contributed by atoms with Gasteiger partial charge in [0, 0.05) is 39.8 Å². The summed E-state index contributed by atoms with van der Waals surface area (Å²) >= 11 is 0. The summed E-state index contributed by atoms with van der Waals surface area (Å²) < 4.78 is 22.6. The van der Waals surface area contributed by atoms with Crippen LogP contribution < -0.4 is 10.6 Å². The van der Waals surface area contributed by atoms with Gasteiger partial charge in [0.15, 0.2) is 15.8 Å². The van der Waals surface area contributed by atoms with Crippen molar-refractivity contribution in [2.24, 2.45) is 4.99 Å². The lowest BCUT2D eigenvalue weighted by Crippen LogP contribution is -2.46. The van der Waals surface area contributed by atoms with Crippen LogP contribution in [-0.2, 0) is 9.84 Å². The van der Waals surface area contributed by atoms with Crippen LogP contribution in [0.1, 0.15) is 19.8 Å². The van der Waals surface area contributed by atoms with Crippen LogP contribution in [-0.4, -0.2) is 70.6 Å². The largest absolute Gasteiger partial charge is 0.356 e. The fraction of sp³-hybridized carbons (Fsp3) is 0.917. The summed E-state index contributed by atoms with van der Waals surface area (Å²) in [5, 5.41) is 6.49. The second-order valence-corrected chi connectivity index (χ2v) is 7.08. The molecule has 7 heteroatoms. The zero-order chi connectivity index (χ0) is 14.1. The van der Waals surface area contributed by atoms with Crippen LogP contribution in [0.4, 0.5) is 0 Å². The standard InChI is InChI=1S/C12H26N4O2S/c1-3-4-5-14-12(13-2)15-6-7-16-8-10-19(17,18)11-9-16/h3-11H2,1-2H3,(H2,13,14,15). The minimum Gasteiger partial charge on any atom is -0.356 e. The van der Waals surface area contributed by atoms with Crippen LogP contribution in [0.25, 0.3) is 0 Å². The van der Waals surface area contributed by atoms with Crippen molar-refractivity contribution < 1.29 is 8.42 Å². The third-order valence-electron chi connectivity index (χ3n) is 3.20. The third-order valence-corrected chi connectivity index (χ3v) is 4.81. The number of rotatable bonds is 6. The molecule has 0 atom stereocenters. The summed E-state index contributed by atoms with van der Waals surface area (Å²) in [6.07, 6.45) is 2.29. The minimum atomic E-state index is -2.77. The Bertz CT molecular complexity index is 367. The van der Waals surface area contributed by atoms with Gasteiger partial charge in [0.1, 0.15) is 0 Å². The average molecular weight is 290 g/mol. The van der Waals surface area contributed by atoms with E-state index in [2.05, 4.69) is 27.4 Å². The van der Waals surface area contributed by atoms with Gasteiger partial charge >= 0.3 is 0 Å². The Hall–Kier alpha value is -0.820. The van der Waals surface area contributed by atoms with Gasteiger partial charge in [-0.2, -0.15) is 0 Å². The number of aliphatic imine (C=N–C) groups is 1. The van der Waals surface area contributed by atoms with Crippen molar-refractivity contribution in [2.75, 3.05) is 51.3 Å². The zero-order valence-electron chi connectivity index (χ0n) is 12.0. The highest BCUT2D eigenvalue weighted by molar-refractivity contribution is 7.91. The summed E-state index contributed by atoms with van der Waals surface area (Å²) in [6, 6.07) is 0. The average Bonchev–Trinajstić information content (AvgIpc) is 2.39. The number of sulfone groups is 1. The van der Waals surface area contributed by atoms with E-state index in [1.807, 2.05) is 0 Å². The lowest BCUT2D eigenvalue weighted by atomic mass is 10.3. The molecule has 1 heterocycles. The van der Waals surface area contributed by atoms with Crippen molar-refractivity contribution >= 4 is 15.8 Å². The topological polar surface area (TPSA) is 73.8 Å². The minimum absolute atomic E-state index is 0.288. The summed E-state index contributed by atoms with van der Waals surface area (Å²) in [7, 11) is -1.02. The summed E-state index contributed by atoms with van der Waals surface area (Å²) in [5.74, 6) is 1.39. The van der Waals surface area contributed by atoms with E-state index in [9.17, 15) is 8.42 Å². The van der Waals surface area contributed by atoms with E-state index in [4.69, 9.17) is 0 Å². The number of nitrogens with one attached hydrogen (secondary N) is 2. The molecule has 0 spiro atoms. The molecule has 2 N–H and O–H groups in total. The predicted octanol–water partition coefficient (Wildman–Crippen LogP) is -0.318. The first-order chi connectivity index (χ1) is 9.07. The maximum atomic E-state index is 11.3. The second-order valence-electron chi connectivity index (χ2n) is 4.77. The molecule has 1 rings (SSSR count). The van der Waals surface area contributed by atoms with Crippen LogP contribution in [0.5, 0.6) is 0 Å². The number of guanidine groups is 1.